The van der Waals surface area contributed by atoms with Crippen LogP contribution < -0.4 is 16.2 Å². The zero-order chi connectivity index (χ0) is 26.6. The number of hydrogen-bond donors (Lipinski definition) is 2. The summed E-state index contributed by atoms with van der Waals surface area (Å²) in [5, 5.41) is 6.99. The number of thioether (sulfide) groups is 1. The number of para-hydroxylation sites is 1. The van der Waals surface area contributed by atoms with Crippen LogP contribution in [0.1, 0.15) is 50.5 Å². The van der Waals surface area contributed by atoms with Crippen LogP contribution in [0, 0.1) is 0 Å². The third-order valence-corrected chi connectivity index (χ3v) is 7.65. The van der Waals surface area contributed by atoms with Gasteiger partial charge < -0.3 is 10.6 Å². The molecule has 0 spiro atoms. The van der Waals surface area contributed by atoms with Crippen LogP contribution in [0.25, 0.3) is 10.9 Å². The average Bonchev–Trinajstić information content (AvgIpc) is 2.94. The van der Waals surface area contributed by atoms with Gasteiger partial charge in [-0.1, -0.05) is 65.9 Å². The first-order valence-corrected chi connectivity index (χ1v) is 14.5. The van der Waals surface area contributed by atoms with E-state index in [2.05, 4.69) is 21.7 Å². The number of aromatic nitrogens is 2. The first-order valence-electron chi connectivity index (χ1n) is 13.5. The lowest BCUT2D eigenvalue weighted by atomic mass is 9.97. The van der Waals surface area contributed by atoms with Crippen molar-refractivity contribution in [3.63, 3.8) is 0 Å². The highest BCUT2D eigenvalue weighted by atomic mass is 32.2. The van der Waals surface area contributed by atoms with E-state index in [0.717, 1.165) is 25.7 Å². The largest absolute Gasteiger partial charge is 0.356 e. The van der Waals surface area contributed by atoms with Crippen molar-refractivity contribution in [2.45, 2.75) is 63.1 Å². The Bertz CT molecular complexity index is 1320. The number of benzene rings is 2. The van der Waals surface area contributed by atoms with Gasteiger partial charge in [0.25, 0.3) is 5.56 Å². The van der Waals surface area contributed by atoms with Gasteiger partial charge in [-0.25, -0.2) is 4.98 Å². The Morgan fingerprint density at radius 2 is 1.68 bits per heavy atom. The first kappa shape index (κ1) is 27.6. The number of fused-ring (bicyclic) bond motifs is 1. The minimum absolute atomic E-state index is 0.0376. The van der Waals surface area contributed by atoms with E-state index in [0.29, 0.717) is 48.5 Å². The summed E-state index contributed by atoms with van der Waals surface area (Å²) in [5.41, 5.74) is 3.07. The van der Waals surface area contributed by atoms with E-state index in [4.69, 9.17) is 0 Å². The van der Waals surface area contributed by atoms with E-state index >= 15 is 0 Å². The molecular weight excluding hydrogens is 496 g/mol. The Hall–Kier alpha value is -3.39. The number of carbonyl (C=O) groups excluding carboxylic acids is 2. The summed E-state index contributed by atoms with van der Waals surface area (Å²) < 4.78 is 1.60. The molecule has 0 unspecified atom stereocenters. The molecule has 4 rings (SSSR count). The summed E-state index contributed by atoms with van der Waals surface area (Å²) >= 11 is 1.27. The maximum atomic E-state index is 13.2. The molecule has 2 aromatic carbocycles. The fourth-order valence-corrected chi connectivity index (χ4v) is 5.46. The highest BCUT2D eigenvalue weighted by Crippen LogP contribution is 2.20. The van der Waals surface area contributed by atoms with E-state index in [9.17, 15) is 14.4 Å². The van der Waals surface area contributed by atoms with E-state index in [1.165, 1.54) is 35.7 Å². The second kappa shape index (κ2) is 14.5. The Morgan fingerprint density at radius 1 is 0.921 bits per heavy atom. The third-order valence-electron chi connectivity index (χ3n) is 6.68. The van der Waals surface area contributed by atoms with Crippen molar-refractivity contribution in [2.75, 3.05) is 18.8 Å². The van der Waals surface area contributed by atoms with Crippen LogP contribution in [0.5, 0.6) is 0 Å². The van der Waals surface area contributed by atoms with Crippen molar-refractivity contribution in [1.29, 1.82) is 0 Å². The zero-order valence-corrected chi connectivity index (χ0v) is 22.6. The van der Waals surface area contributed by atoms with Gasteiger partial charge in [0.2, 0.25) is 11.8 Å². The van der Waals surface area contributed by atoms with E-state index in [-0.39, 0.29) is 23.1 Å². The van der Waals surface area contributed by atoms with Crippen LogP contribution in [-0.4, -0.2) is 40.2 Å². The van der Waals surface area contributed by atoms with Crippen molar-refractivity contribution >= 4 is 34.5 Å². The van der Waals surface area contributed by atoms with Crippen LogP contribution >= 0.6 is 11.8 Å². The maximum absolute atomic E-state index is 13.2. The summed E-state index contributed by atoms with van der Waals surface area (Å²) in [4.78, 5) is 42.8. The van der Waals surface area contributed by atoms with Crippen LogP contribution in [0.2, 0.25) is 0 Å². The van der Waals surface area contributed by atoms with Gasteiger partial charge in [0.1, 0.15) is 0 Å². The number of allylic oxidation sites excluding steroid dienone is 1. The van der Waals surface area contributed by atoms with Crippen molar-refractivity contribution in [3.8, 4) is 0 Å². The molecule has 0 saturated heterocycles. The normalized spacial score (nSPS) is 13.2. The third kappa shape index (κ3) is 8.31. The van der Waals surface area contributed by atoms with Gasteiger partial charge >= 0.3 is 0 Å². The molecule has 0 atom stereocenters. The molecule has 1 aromatic heterocycles. The van der Waals surface area contributed by atoms with Crippen LogP contribution in [-0.2, 0) is 22.6 Å². The van der Waals surface area contributed by atoms with Crippen molar-refractivity contribution in [3.05, 3.63) is 82.2 Å². The summed E-state index contributed by atoms with van der Waals surface area (Å²) in [5.74, 6) is 0.0756. The molecule has 1 heterocycles. The quantitative estimate of drug-likeness (QED) is 0.190. The molecule has 1 aliphatic carbocycles. The lowest BCUT2D eigenvalue weighted by Gasteiger charge is -2.14. The number of carbonyl (C=O) groups is 2. The van der Waals surface area contributed by atoms with Gasteiger partial charge in [0.05, 0.1) is 16.7 Å². The topological polar surface area (TPSA) is 93.1 Å². The fraction of sp³-hybridized carbons (Fsp3) is 0.400. The summed E-state index contributed by atoms with van der Waals surface area (Å²) in [6.45, 7) is 1.57. The SMILES string of the molecule is O=C(CCCn1c(SCC(=O)NCCC2=CCCCC2)nc2ccccc2c1=O)NCCc1ccccc1. The predicted octanol–water partition coefficient (Wildman–Crippen LogP) is 4.63. The molecule has 0 bridgehead atoms. The van der Waals surface area contributed by atoms with Gasteiger partial charge in [-0.15, -0.1) is 0 Å². The minimum atomic E-state index is -0.146. The Labute approximate surface area is 228 Å². The Morgan fingerprint density at radius 3 is 2.50 bits per heavy atom. The number of amides is 2. The smallest absolute Gasteiger partial charge is 0.262 e. The Balaban J connectivity index is 1.30. The monoisotopic (exact) mass is 532 g/mol. The van der Waals surface area contributed by atoms with E-state index < -0.39 is 0 Å². The molecule has 7 nitrogen and oxygen atoms in total. The summed E-state index contributed by atoms with van der Waals surface area (Å²) in [6.07, 6.45) is 9.54. The molecule has 0 saturated carbocycles. The van der Waals surface area contributed by atoms with Crippen molar-refractivity contribution < 1.29 is 9.59 Å². The molecule has 8 heteroatoms. The van der Waals surface area contributed by atoms with Crippen LogP contribution in [0.3, 0.4) is 0 Å². The van der Waals surface area contributed by atoms with Crippen LogP contribution in [0.15, 0.2) is 76.2 Å². The van der Waals surface area contributed by atoms with Gasteiger partial charge in [-0.3, -0.25) is 19.0 Å². The standard InChI is InChI=1S/C30H36N4O3S/c35-27(31-19-17-23-10-3-1-4-11-23)16-9-21-34-29(37)25-14-7-8-15-26(25)33-30(34)38-22-28(36)32-20-18-24-12-5-2-6-13-24/h1,3-4,7-8,10-12,14-15H,2,5-6,9,13,16-22H2,(H,31,35)(H,32,36). The lowest BCUT2D eigenvalue weighted by molar-refractivity contribution is -0.121. The van der Waals surface area contributed by atoms with Gasteiger partial charge in [0.15, 0.2) is 5.16 Å². The Kier molecular flexibility index (Phi) is 10.6. The summed E-state index contributed by atoms with van der Waals surface area (Å²) in [7, 11) is 0. The average molecular weight is 533 g/mol. The minimum Gasteiger partial charge on any atom is -0.356 e. The molecule has 200 valence electrons. The van der Waals surface area contributed by atoms with E-state index in [1.54, 1.807) is 10.6 Å². The predicted molar refractivity (Wildman–Crippen MR) is 153 cm³/mol. The number of nitrogens with one attached hydrogen (secondary N) is 2. The van der Waals surface area contributed by atoms with E-state index in [1.807, 2.05) is 48.5 Å². The second-order valence-electron chi connectivity index (χ2n) is 9.55. The van der Waals surface area contributed by atoms with Crippen molar-refractivity contribution in [1.82, 2.24) is 20.2 Å². The number of rotatable bonds is 13. The highest BCUT2D eigenvalue weighted by molar-refractivity contribution is 7.99. The summed E-state index contributed by atoms with van der Waals surface area (Å²) in [6, 6.07) is 17.3. The zero-order valence-electron chi connectivity index (χ0n) is 21.8. The molecule has 2 amide bonds. The fourth-order valence-electron chi connectivity index (χ4n) is 4.61. The lowest BCUT2D eigenvalue weighted by Crippen LogP contribution is -2.29. The van der Waals surface area contributed by atoms with Crippen molar-refractivity contribution in [2.24, 2.45) is 0 Å². The van der Waals surface area contributed by atoms with Gasteiger partial charge in [0, 0.05) is 26.1 Å². The molecule has 2 N–H and O–H groups in total. The molecule has 1 aliphatic rings. The molecule has 0 radical (unpaired) electrons. The number of hydrogen-bond acceptors (Lipinski definition) is 5. The second-order valence-corrected chi connectivity index (χ2v) is 10.5. The highest BCUT2D eigenvalue weighted by Gasteiger charge is 2.14. The molecule has 3 aromatic rings. The number of nitrogens with zero attached hydrogens (tertiary/aromatic N) is 2. The maximum Gasteiger partial charge on any atom is 0.262 e. The molecule has 38 heavy (non-hydrogen) atoms. The first-order chi connectivity index (χ1) is 18.6. The molecule has 0 aliphatic heterocycles. The van der Waals surface area contributed by atoms with Gasteiger partial charge in [-0.05, 0) is 62.6 Å². The molecule has 0 fully saturated rings. The van der Waals surface area contributed by atoms with Crippen LogP contribution in [0.4, 0.5) is 0 Å². The van der Waals surface area contributed by atoms with Gasteiger partial charge in [-0.2, -0.15) is 0 Å². The molecular formula is C30H36N4O3S.